The minimum Gasteiger partial charge on any atom is -0.508 e. The number of hydrogen-bond donors (Lipinski definition) is 4. The molecule has 3 aromatic rings. The molecule has 0 radical (unpaired) electrons. The minimum atomic E-state index is -0.689. The standard InChI is InChI=1S/C26H31ClN4O3/c1-3-31(16-21-13-22(32)8-9-23(21)27)26(34)19-6-4-5-18(12-19)11-17(2)29-15-24(33)20-7-10-25(28)30-14-20/h4-10,12-14,17,24,29,32-33H,3,11,15-16H2,1-2H3,(H2,28,30)/t17-,24-/m1/s1. The fourth-order valence-corrected chi connectivity index (χ4v) is 3.88. The van der Waals surface area contributed by atoms with Gasteiger partial charge in [0.25, 0.3) is 5.91 Å². The van der Waals surface area contributed by atoms with Crippen LogP contribution in [0.25, 0.3) is 0 Å². The van der Waals surface area contributed by atoms with Crippen LogP contribution < -0.4 is 11.1 Å². The molecule has 0 spiro atoms. The average molecular weight is 483 g/mol. The second-order valence-electron chi connectivity index (χ2n) is 8.34. The van der Waals surface area contributed by atoms with Crippen molar-refractivity contribution in [1.29, 1.82) is 0 Å². The molecule has 5 N–H and O–H groups in total. The third-order valence-electron chi connectivity index (χ3n) is 5.63. The molecule has 0 bridgehead atoms. The molecule has 1 amide bonds. The Morgan fingerprint density at radius 2 is 2.00 bits per heavy atom. The SMILES string of the molecule is CCN(Cc1cc(O)ccc1Cl)C(=O)c1cccc(C[C@@H](C)NC[C@@H](O)c2ccc(N)nc2)c1. The molecule has 180 valence electrons. The number of aromatic hydroxyl groups is 1. The molecule has 0 fully saturated rings. The molecule has 8 heteroatoms. The Bertz CT molecular complexity index is 1110. The van der Waals surface area contributed by atoms with Gasteiger partial charge < -0.3 is 26.2 Å². The van der Waals surface area contributed by atoms with Crippen molar-refractivity contribution in [3.63, 3.8) is 0 Å². The second kappa shape index (κ2) is 11.8. The number of halogens is 1. The van der Waals surface area contributed by atoms with Crippen molar-refractivity contribution in [3.8, 4) is 5.75 Å². The highest BCUT2D eigenvalue weighted by atomic mass is 35.5. The van der Waals surface area contributed by atoms with Crippen molar-refractivity contribution in [2.24, 2.45) is 0 Å². The first kappa shape index (κ1) is 25.5. The van der Waals surface area contributed by atoms with Crippen molar-refractivity contribution in [3.05, 3.63) is 88.1 Å². The molecule has 0 aliphatic heterocycles. The summed E-state index contributed by atoms with van der Waals surface area (Å²) in [7, 11) is 0. The fourth-order valence-electron chi connectivity index (χ4n) is 3.70. The number of aliphatic hydroxyl groups excluding tert-OH is 1. The van der Waals surface area contributed by atoms with Crippen molar-refractivity contribution >= 4 is 23.3 Å². The molecule has 0 aliphatic carbocycles. The van der Waals surface area contributed by atoms with Gasteiger partial charge in [0.15, 0.2) is 0 Å². The molecule has 0 aliphatic rings. The van der Waals surface area contributed by atoms with E-state index in [2.05, 4.69) is 10.3 Å². The first-order chi connectivity index (χ1) is 16.3. The van der Waals surface area contributed by atoms with Crippen LogP contribution in [0.2, 0.25) is 5.02 Å². The Hall–Kier alpha value is -3.13. The van der Waals surface area contributed by atoms with Gasteiger partial charge in [0.2, 0.25) is 0 Å². The normalized spacial score (nSPS) is 12.8. The maximum Gasteiger partial charge on any atom is 0.254 e. The lowest BCUT2D eigenvalue weighted by Gasteiger charge is -2.22. The number of carbonyl (C=O) groups is 1. The van der Waals surface area contributed by atoms with Crippen LogP contribution >= 0.6 is 11.6 Å². The van der Waals surface area contributed by atoms with E-state index in [1.165, 1.54) is 6.07 Å². The highest BCUT2D eigenvalue weighted by Crippen LogP contribution is 2.23. The number of carbonyl (C=O) groups excluding carboxylic acids is 1. The van der Waals surface area contributed by atoms with Crippen molar-refractivity contribution in [2.75, 3.05) is 18.8 Å². The Balaban J connectivity index is 1.60. The van der Waals surface area contributed by atoms with Crippen molar-refractivity contribution in [2.45, 2.75) is 39.0 Å². The van der Waals surface area contributed by atoms with Gasteiger partial charge in [-0.3, -0.25) is 4.79 Å². The molecule has 7 nitrogen and oxygen atoms in total. The largest absolute Gasteiger partial charge is 0.508 e. The minimum absolute atomic E-state index is 0.0788. The number of pyridine rings is 1. The molecule has 1 heterocycles. The lowest BCUT2D eigenvalue weighted by molar-refractivity contribution is 0.0752. The quantitative estimate of drug-likeness (QED) is 0.348. The maximum atomic E-state index is 13.2. The Labute approximate surface area is 205 Å². The molecule has 2 aromatic carbocycles. The Morgan fingerprint density at radius 1 is 1.21 bits per heavy atom. The van der Waals surface area contributed by atoms with Gasteiger partial charge in [-0.15, -0.1) is 0 Å². The topological polar surface area (TPSA) is 112 Å². The Kier molecular flexibility index (Phi) is 8.87. The van der Waals surface area contributed by atoms with E-state index in [1.54, 1.807) is 41.4 Å². The lowest BCUT2D eigenvalue weighted by atomic mass is 10.0. The molecule has 0 saturated carbocycles. The number of aromatic nitrogens is 1. The smallest absolute Gasteiger partial charge is 0.254 e. The summed E-state index contributed by atoms with van der Waals surface area (Å²) in [4.78, 5) is 18.9. The van der Waals surface area contributed by atoms with Gasteiger partial charge in [-0.05, 0) is 67.8 Å². The number of nitrogens with two attached hydrogens (primary N) is 1. The first-order valence-electron chi connectivity index (χ1n) is 11.2. The number of phenols is 1. The summed E-state index contributed by atoms with van der Waals surface area (Å²) in [5, 5.41) is 24.0. The zero-order valence-electron chi connectivity index (χ0n) is 19.4. The number of nitrogen functional groups attached to an aromatic ring is 1. The summed E-state index contributed by atoms with van der Waals surface area (Å²) in [6.45, 7) is 5.13. The predicted molar refractivity (Wildman–Crippen MR) is 135 cm³/mol. The van der Waals surface area contributed by atoms with Crippen LogP contribution in [0.3, 0.4) is 0 Å². The van der Waals surface area contributed by atoms with Gasteiger partial charge in [-0.1, -0.05) is 29.8 Å². The zero-order valence-corrected chi connectivity index (χ0v) is 20.2. The number of hydrogen-bond acceptors (Lipinski definition) is 6. The van der Waals surface area contributed by atoms with E-state index in [0.29, 0.717) is 53.6 Å². The zero-order chi connectivity index (χ0) is 24.7. The van der Waals surface area contributed by atoms with Crippen LogP contribution in [-0.2, 0) is 13.0 Å². The van der Waals surface area contributed by atoms with Gasteiger partial charge in [-0.25, -0.2) is 4.98 Å². The summed E-state index contributed by atoms with van der Waals surface area (Å²) in [5.41, 5.74) is 8.60. The third-order valence-corrected chi connectivity index (χ3v) is 6.00. The van der Waals surface area contributed by atoms with Gasteiger partial charge in [0, 0.05) is 48.0 Å². The number of benzene rings is 2. The van der Waals surface area contributed by atoms with E-state index in [4.69, 9.17) is 17.3 Å². The predicted octanol–water partition coefficient (Wildman–Crippen LogP) is 3.94. The van der Waals surface area contributed by atoms with Crippen molar-refractivity contribution < 1.29 is 15.0 Å². The van der Waals surface area contributed by atoms with Crippen LogP contribution in [0.5, 0.6) is 5.75 Å². The van der Waals surface area contributed by atoms with E-state index in [9.17, 15) is 15.0 Å². The number of nitrogens with one attached hydrogen (secondary N) is 1. The molecular weight excluding hydrogens is 452 g/mol. The Morgan fingerprint density at radius 3 is 2.71 bits per heavy atom. The van der Waals surface area contributed by atoms with Gasteiger partial charge in [-0.2, -0.15) is 0 Å². The van der Waals surface area contributed by atoms with Crippen LogP contribution in [0, 0.1) is 0 Å². The summed E-state index contributed by atoms with van der Waals surface area (Å²) in [5.74, 6) is 0.429. The lowest BCUT2D eigenvalue weighted by Crippen LogP contribution is -2.32. The van der Waals surface area contributed by atoms with Crippen molar-refractivity contribution in [1.82, 2.24) is 15.2 Å². The third kappa shape index (κ3) is 6.93. The van der Waals surface area contributed by atoms with Gasteiger partial charge in [0.1, 0.15) is 11.6 Å². The molecule has 3 rings (SSSR count). The molecule has 34 heavy (non-hydrogen) atoms. The number of anilines is 1. The van der Waals surface area contributed by atoms with Gasteiger partial charge in [0.05, 0.1) is 6.10 Å². The number of amides is 1. The summed E-state index contributed by atoms with van der Waals surface area (Å²) in [6.07, 6.45) is 1.58. The van der Waals surface area contributed by atoms with E-state index in [-0.39, 0.29) is 17.7 Å². The van der Waals surface area contributed by atoms with Crippen LogP contribution in [-0.4, -0.2) is 45.1 Å². The molecule has 0 saturated heterocycles. The molecule has 0 unspecified atom stereocenters. The van der Waals surface area contributed by atoms with E-state index < -0.39 is 6.10 Å². The summed E-state index contributed by atoms with van der Waals surface area (Å²) in [6, 6.07) is 15.8. The maximum absolute atomic E-state index is 13.2. The number of nitrogens with zero attached hydrogens (tertiary/aromatic N) is 2. The fraction of sp³-hybridized carbons (Fsp3) is 0.308. The van der Waals surface area contributed by atoms with E-state index >= 15 is 0 Å². The number of aliphatic hydroxyl groups is 1. The molecular formula is C26H31ClN4O3. The summed E-state index contributed by atoms with van der Waals surface area (Å²) < 4.78 is 0. The van der Waals surface area contributed by atoms with Crippen LogP contribution in [0.1, 0.15) is 47.0 Å². The second-order valence-corrected chi connectivity index (χ2v) is 8.75. The monoisotopic (exact) mass is 482 g/mol. The number of phenolic OH excluding ortho intramolecular Hbond substituents is 1. The van der Waals surface area contributed by atoms with Crippen LogP contribution in [0.15, 0.2) is 60.8 Å². The molecule has 2 atom stereocenters. The van der Waals surface area contributed by atoms with E-state index in [0.717, 1.165) is 5.56 Å². The van der Waals surface area contributed by atoms with Crippen LogP contribution in [0.4, 0.5) is 5.82 Å². The first-order valence-corrected chi connectivity index (χ1v) is 11.6. The average Bonchev–Trinajstić information content (AvgIpc) is 2.83. The van der Waals surface area contributed by atoms with Gasteiger partial charge >= 0.3 is 0 Å². The number of rotatable bonds is 10. The highest BCUT2D eigenvalue weighted by Gasteiger charge is 2.17. The van der Waals surface area contributed by atoms with E-state index in [1.807, 2.05) is 32.0 Å². The highest BCUT2D eigenvalue weighted by molar-refractivity contribution is 6.31. The summed E-state index contributed by atoms with van der Waals surface area (Å²) >= 11 is 6.25. The molecule has 1 aromatic heterocycles.